The Morgan fingerprint density at radius 2 is 1.72 bits per heavy atom. The van der Waals surface area contributed by atoms with Crippen LogP contribution in [0.25, 0.3) is 22.3 Å². The molecule has 0 atom stereocenters. The second kappa shape index (κ2) is 8.14. The van der Waals surface area contributed by atoms with E-state index in [1.165, 1.54) is 16.8 Å². The summed E-state index contributed by atoms with van der Waals surface area (Å²) >= 11 is 0. The van der Waals surface area contributed by atoms with E-state index in [2.05, 4.69) is 10.4 Å². The van der Waals surface area contributed by atoms with Crippen molar-refractivity contribution >= 4 is 10.9 Å². The Balaban J connectivity index is 1.80. The highest BCUT2D eigenvalue weighted by atomic mass is 19.1. The molecule has 0 aliphatic rings. The standard InChI is InChI=1S/C23H20FN3O2/c1-2-29-21-10-6-3-7-17(21)15-25-27-22(16-11-13-18(24)14-12-16)26-20-9-5-4-8-19(20)23(27)28/h3-14,25H,2,15H2,1H3. The summed E-state index contributed by atoms with van der Waals surface area (Å²) in [5.41, 5.74) is 5.09. The van der Waals surface area contributed by atoms with Crippen molar-refractivity contribution < 1.29 is 9.13 Å². The zero-order chi connectivity index (χ0) is 20.2. The number of ether oxygens (including phenoxy) is 1. The highest BCUT2D eigenvalue weighted by molar-refractivity contribution is 5.79. The molecule has 29 heavy (non-hydrogen) atoms. The van der Waals surface area contributed by atoms with Gasteiger partial charge in [0.2, 0.25) is 0 Å². The van der Waals surface area contributed by atoms with E-state index < -0.39 is 0 Å². The van der Waals surface area contributed by atoms with Gasteiger partial charge in [-0.25, -0.2) is 14.1 Å². The molecule has 0 aliphatic heterocycles. The Morgan fingerprint density at radius 3 is 2.52 bits per heavy atom. The van der Waals surface area contributed by atoms with Crippen molar-refractivity contribution in [1.82, 2.24) is 9.66 Å². The van der Waals surface area contributed by atoms with E-state index in [1.54, 1.807) is 30.3 Å². The molecule has 4 rings (SSSR count). The average molecular weight is 389 g/mol. The summed E-state index contributed by atoms with van der Waals surface area (Å²) in [5, 5.41) is 0.504. The number of nitrogens with one attached hydrogen (secondary N) is 1. The third kappa shape index (κ3) is 3.82. The first-order valence-corrected chi connectivity index (χ1v) is 9.39. The van der Waals surface area contributed by atoms with Gasteiger partial charge in [0.1, 0.15) is 11.6 Å². The monoisotopic (exact) mass is 389 g/mol. The van der Waals surface area contributed by atoms with Gasteiger partial charge in [0, 0.05) is 11.1 Å². The van der Waals surface area contributed by atoms with Crippen LogP contribution in [0.3, 0.4) is 0 Å². The Kier molecular flexibility index (Phi) is 5.24. The molecule has 0 aliphatic carbocycles. The lowest BCUT2D eigenvalue weighted by molar-refractivity contribution is 0.336. The predicted molar refractivity (Wildman–Crippen MR) is 112 cm³/mol. The smallest absolute Gasteiger partial charge is 0.280 e. The fourth-order valence-corrected chi connectivity index (χ4v) is 3.18. The lowest BCUT2D eigenvalue weighted by Gasteiger charge is -2.17. The number of para-hydroxylation sites is 2. The summed E-state index contributed by atoms with van der Waals surface area (Å²) in [6.45, 7) is 2.84. The summed E-state index contributed by atoms with van der Waals surface area (Å²) in [6, 6.07) is 20.7. The number of hydrogen-bond donors (Lipinski definition) is 1. The lowest BCUT2D eigenvalue weighted by Crippen LogP contribution is -2.31. The summed E-state index contributed by atoms with van der Waals surface area (Å²) in [7, 11) is 0. The van der Waals surface area contributed by atoms with Crippen LogP contribution in [0.4, 0.5) is 4.39 Å². The van der Waals surface area contributed by atoms with Crippen molar-refractivity contribution in [3.8, 4) is 17.1 Å². The van der Waals surface area contributed by atoms with Crippen molar-refractivity contribution in [2.24, 2.45) is 0 Å². The van der Waals surface area contributed by atoms with E-state index in [9.17, 15) is 9.18 Å². The predicted octanol–water partition coefficient (Wildman–Crippen LogP) is 4.35. The first-order chi connectivity index (χ1) is 14.2. The summed E-state index contributed by atoms with van der Waals surface area (Å²) in [5.74, 6) is 0.831. The van der Waals surface area contributed by atoms with Gasteiger partial charge in [-0.15, -0.1) is 0 Å². The third-order valence-corrected chi connectivity index (χ3v) is 4.58. The first-order valence-electron chi connectivity index (χ1n) is 9.39. The molecule has 146 valence electrons. The molecule has 0 unspecified atom stereocenters. The summed E-state index contributed by atoms with van der Waals surface area (Å²) in [6.07, 6.45) is 0. The van der Waals surface area contributed by atoms with E-state index in [0.29, 0.717) is 35.4 Å². The third-order valence-electron chi connectivity index (χ3n) is 4.58. The quantitative estimate of drug-likeness (QED) is 0.533. The number of halogens is 1. The van der Waals surface area contributed by atoms with Crippen molar-refractivity contribution in [3.63, 3.8) is 0 Å². The molecule has 0 amide bonds. The van der Waals surface area contributed by atoms with Crippen LogP contribution in [0.15, 0.2) is 77.6 Å². The highest BCUT2D eigenvalue weighted by Gasteiger charge is 2.13. The molecule has 3 aromatic carbocycles. The molecule has 0 spiro atoms. The van der Waals surface area contributed by atoms with Crippen LogP contribution in [-0.4, -0.2) is 16.3 Å². The van der Waals surface area contributed by atoms with Crippen LogP contribution in [0.1, 0.15) is 12.5 Å². The van der Waals surface area contributed by atoms with Gasteiger partial charge >= 0.3 is 0 Å². The van der Waals surface area contributed by atoms with Crippen LogP contribution in [0.5, 0.6) is 5.75 Å². The zero-order valence-corrected chi connectivity index (χ0v) is 15.9. The topological polar surface area (TPSA) is 56.1 Å². The summed E-state index contributed by atoms with van der Waals surface area (Å²) < 4.78 is 20.5. The first kappa shape index (κ1) is 18.7. The van der Waals surface area contributed by atoms with Gasteiger partial charge in [-0.05, 0) is 49.4 Å². The lowest BCUT2D eigenvalue weighted by atomic mass is 10.2. The molecule has 0 bridgehead atoms. The van der Waals surface area contributed by atoms with Crippen LogP contribution in [0.2, 0.25) is 0 Å². The van der Waals surface area contributed by atoms with Crippen LogP contribution >= 0.6 is 0 Å². The van der Waals surface area contributed by atoms with Crippen LogP contribution in [-0.2, 0) is 6.54 Å². The van der Waals surface area contributed by atoms with Gasteiger partial charge in [0.05, 0.1) is 24.1 Å². The molecule has 5 nitrogen and oxygen atoms in total. The Hall–Kier alpha value is -3.67. The Bertz CT molecular complexity index is 1200. The minimum absolute atomic E-state index is 0.219. The Morgan fingerprint density at radius 1 is 1.00 bits per heavy atom. The number of nitrogens with zero attached hydrogens (tertiary/aromatic N) is 2. The highest BCUT2D eigenvalue weighted by Crippen LogP contribution is 2.21. The number of hydrogen-bond acceptors (Lipinski definition) is 4. The minimum atomic E-state index is -0.345. The number of benzene rings is 3. The minimum Gasteiger partial charge on any atom is -0.494 e. The van der Waals surface area contributed by atoms with Crippen molar-refractivity contribution in [2.75, 3.05) is 12.0 Å². The maximum Gasteiger partial charge on any atom is 0.280 e. The van der Waals surface area contributed by atoms with Gasteiger partial charge in [0.25, 0.3) is 5.56 Å². The Labute approximate surface area is 167 Å². The van der Waals surface area contributed by atoms with E-state index in [4.69, 9.17) is 4.74 Å². The molecule has 4 aromatic rings. The maximum absolute atomic E-state index is 13.4. The molecule has 1 N–H and O–H groups in total. The van der Waals surface area contributed by atoms with Gasteiger partial charge < -0.3 is 10.2 Å². The van der Waals surface area contributed by atoms with Gasteiger partial charge in [0.15, 0.2) is 5.82 Å². The molecule has 0 radical (unpaired) electrons. The van der Waals surface area contributed by atoms with Gasteiger partial charge in [-0.1, -0.05) is 30.3 Å². The van der Waals surface area contributed by atoms with E-state index >= 15 is 0 Å². The average Bonchev–Trinajstić information content (AvgIpc) is 2.75. The second-order valence-corrected chi connectivity index (χ2v) is 6.48. The van der Waals surface area contributed by atoms with Crippen LogP contribution in [0, 0.1) is 5.82 Å². The molecule has 0 fully saturated rings. The molecule has 6 heteroatoms. The molecule has 0 saturated carbocycles. The molecule has 0 saturated heterocycles. The summed E-state index contributed by atoms with van der Waals surface area (Å²) in [4.78, 5) is 17.8. The normalized spacial score (nSPS) is 10.8. The van der Waals surface area contributed by atoms with Crippen LogP contribution < -0.4 is 15.7 Å². The van der Waals surface area contributed by atoms with E-state index in [1.807, 2.05) is 37.3 Å². The molecule has 1 aromatic heterocycles. The SMILES string of the molecule is CCOc1ccccc1CNn1c(-c2ccc(F)cc2)nc2ccccc2c1=O. The van der Waals surface area contributed by atoms with E-state index in [0.717, 1.165) is 11.3 Å². The second-order valence-electron chi connectivity index (χ2n) is 6.48. The fraction of sp³-hybridized carbons (Fsp3) is 0.130. The van der Waals surface area contributed by atoms with E-state index in [-0.39, 0.29) is 11.4 Å². The zero-order valence-electron chi connectivity index (χ0n) is 15.9. The van der Waals surface area contributed by atoms with Gasteiger partial charge in [-0.3, -0.25) is 4.79 Å². The molecular weight excluding hydrogens is 369 g/mol. The largest absolute Gasteiger partial charge is 0.494 e. The van der Waals surface area contributed by atoms with Crippen molar-refractivity contribution in [1.29, 1.82) is 0 Å². The molecular formula is C23H20FN3O2. The van der Waals surface area contributed by atoms with Crippen molar-refractivity contribution in [2.45, 2.75) is 13.5 Å². The number of rotatable bonds is 6. The maximum atomic E-state index is 13.4. The molecule has 1 heterocycles. The number of fused-ring (bicyclic) bond motifs is 1. The number of aromatic nitrogens is 2. The fourth-order valence-electron chi connectivity index (χ4n) is 3.18. The van der Waals surface area contributed by atoms with Gasteiger partial charge in [-0.2, -0.15) is 0 Å². The van der Waals surface area contributed by atoms with Crippen molar-refractivity contribution in [3.05, 3.63) is 94.5 Å².